The first kappa shape index (κ1) is 13.1. The number of ether oxygens (including phenoxy) is 1. The minimum absolute atomic E-state index is 0.0515. The van der Waals surface area contributed by atoms with Crippen LogP contribution in [0.3, 0.4) is 0 Å². The van der Waals surface area contributed by atoms with Crippen LogP contribution in [0.5, 0.6) is 11.6 Å². The number of nitrogens with zero attached hydrogens (tertiary/aromatic N) is 2. The second-order valence-corrected chi connectivity index (χ2v) is 3.52. The molecule has 0 saturated heterocycles. The molecule has 0 spiro atoms. The van der Waals surface area contributed by atoms with E-state index in [0.29, 0.717) is 12.1 Å². The van der Waals surface area contributed by atoms with Crippen molar-refractivity contribution < 1.29 is 22.3 Å². The molecule has 0 saturated carbocycles. The summed E-state index contributed by atoms with van der Waals surface area (Å²) in [6, 6.07) is 2.26. The van der Waals surface area contributed by atoms with E-state index in [1.807, 2.05) is 0 Å². The van der Waals surface area contributed by atoms with Crippen molar-refractivity contribution in [3.63, 3.8) is 0 Å². The monoisotopic (exact) mass is 273 g/mol. The number of benzene rings is 1. The molecule has 19 heavy (non-hydrogen) atoms. The van der Waals surface area contributed by atoms with Crippen LogP contribution in [-0.2, 0) is 6.18 Å². The zero-order chi connectivity index (χ0) is 14.0. The van der Waals surface area contributed by atoms with Crippen molar-refractivity contribution in [2.45, 2.75) is 6.18 Å². The van der Waals surface area contributed by atoms with Gasteiger partial charge in [-0.3, -0.25) is 4.98 Å². The highest BCUT2D eigenvalue weighted by Crippen LogP contribution is 2.34. The van der Waals surface area contributed by atoms with Gasteiger partial charge in [0.05, 0.1) is 18.0 Å². The van der Waals surface area contributed by atoms with Crippen molar-refractivity contribution in [3.05, 3.63) is 42.0 Å². The Balaban J connectivity index is 2.32. The fraction of sp³-hybridized carbons (Fsp3) is 0.0909. The van der Waals surface area contributed by atoms with E-state index in [2.05, 4.69) is 9.97 Å². The minimum atomic E-state index is -4.80. The Hall–Kier alpha value is -2.38. The van der Waals surface area contributed by atoms with Crippen LogP contribution in [0.15, 0.2) is 30.6 Å². The molecule has 1 heterocycles. The molecule has 2 N–H and O–H groups in total. The second kappa shape index (κ2) is 4.71. The zero-order valence-electron chi connectivity index (χ0n) is 9.28. The average Bonchev–Trinajstić information content (AvgIpc) is 2.30. The summed E-state index contributed by atoms with van der Waals surface area (Å²) in [4.78, 5) is 7.36. The van der Waals surface area contributed by atoms with Crippen molar-refractivity contribution in [1.82, 2.24) is 9.97 Å². The summed E-state index contributed by atoms with van der Waals surface area (Å²) in [6.07, 6.45) is -2.38. The molecule has 0 aliphatic rings. The molecular formula is C11H7F4N3O. The molecule has 8 heteroatoms. The molecule has 1 aromatic heterocycles. The van der Waals surface area contributed by atoms with Gasteiger partial charge < -0.3 is 10.5 Å². The van der Waals surface area contributed by atoms with E-state index in [-0.39, 0.29) is 17.4 Å². The lowest BCUT2D eigenvalue weighted by molar-refractivity contribution is -0.140. The first-order chi connectivity index (χ1) is 8.86. The fourth-order valence-electron chi connectivity index (χ4n) is 1.32. The van der Waals surface area contributed by atoms with Gasteiger partial charge in [-0.25, -0.2) is 4.39 Å². The molecule has 100 valence electrons. The zero-order valence-corrected chi connectivity index (χ0v) is 9.28. The van der Waals surface area contributed by atoms with E-state index < -0.39 is 17.6 Å². The number of nitrogens with two attached hydrogens (primary N) is 1. The molecule has 0 bridgehead atoms. The highest BCUT2D eigenvalue weighted by atomic mass is 19.4. The fourth-order valence-corrected chi connectivity index (χ4v) is 1.32. The van der Waals surface area contributed by atoms with Gasteiger partial charge in [-0.05, 0) is 18.2 Å². The number of hydrogen-bond acceptors (Lipinski definition) is 4. The number of nitrogen functional groups attached to an aromatic ring is 1. The largest absolute Gasteiger partial charge is 0.437 e. The van der Waals surface area contributed by atoms with Crippen molar-refractivity contribution >= 4 is 5.82 Å². The van der Waals surface area contributed by atoms with Gasteiger partial charge in [0, 0.05) is 0 Å². The third-order valence-electron chi connectivity index (χ3n) is 2.10. The van der Waals surface area contributed by atoms with Crippen molar-refractivity contribution in [2.75, 3.05) is 5.73 Å². The molecule has 0 aliphatic heterocycles. The predicted molar refractivity (Wildman–Crippen MR) is 57.9 cm³/mol. The number of rotatable bonds is 2. The van der Waals surface area contributed by atoms with Gasteiger partial charge in [0.2, 0.25) is 5.88 Å². The number of anilines is 1. The van der Waals surface area contributed by atoms with Crippen LogP contribution in [0, 0.1) is 5.82 Å². The smallest absolute Gasteiger partial charge is 0.419 e. The maximum Gasteiger partial charge on any atom is 0.419 e. The van der Waals surface area contributed by atoms with Crippen molar-refractivity contribution in [3.8, 4) is 11.6 Å². The Kier molecular flexibility index (Phi) is 3.24. The van der Waals surface area contributed by atoms with E-state index in [1.165, 1.54) is 12.4 Å². The van der Waals surface area contributed by atoms with Gasteiger partial charge in [-0.1, -0.05) is 0 Å². The summed E-state index contributed by atoms with van der Waals surface area (Å²) < 4.78 is 55.5. The molecule has 0 unspecified atom stereocenters. The number of alkyl halides is 3. The van der Waals surface area contributed by atoms with Crippen LogP contribution < -0.4 is 10.5 Å². The van der Waals surface area contributed by atoms with Crippen LogP contribution in [0.25, 0.3) is 0 Å². The van der Waals surface area contributed by atoms with Crippen LogP contribution in [0.1, 0.15) is 5.56 Å². The van der Waals surface area contributed by atoms with E-state index in [4.69, 9.17) is 10.5 Å². The summed E-state index contributed by atoms with van der Waals surface area (Å²) in [5, 5.41) is 0. The SMILES string of the molecule is Nc1cncc(Oc2ccc(F)c(C(F)(F)F)c2)n1. The summed E-state index contributed by atoms with van der Waals surface area (Å²) in [5.41, 5.74) is 3.93. The summed E-state index contributed by atoms with van der Waals surface area (Å²) in [5.74, 6) is -1.62. The van der Waals surface area contributed by atoms with Crippen LogP contribution >= 0.6 is 0 Å². The van der Waals surface area contributed by atoms with E-state index >= 15 is 0 Å². The molecule has 0 amide bonds. The Morgan fingerprint density at radius 3 is 2.53 bits per heavy atom. The van der Waals surface area contributed by atoms with Crippen LogP contribution in [0.2, 0.25) is 0 Å². The molecule has 2 aromatic rings. The molecule has 0 radical (unpaired) electrons. The lowest BCUT2D eigenvalue weighted by Crippen LogP contribution is -2.08. The standard InChI is InChI=1S/C11H7F4N3O/c12-8-2-1-6(3-7(8)11(13,14)15)19-10-5-17-4-9(16)18-10/h1-5H,(H2,16,18). The number of halogens is 4. The Labute approximate surface area is 104 Å². The normalized spacial score (nSPS) is 11.4. The maximum atomic E-state index is 13.0. The Bertz CT molecular complexity index is 601. The predicted octanol–water partition coefficient (Wildman–Crippen LogP) is 3.01. The van der Waals surface area contributed by atoms with Gasteiger partial charge in [0.15, 0.2) is 0 Å². The van der Waals surface area contributed by atoms with Crippen LogP contribution in [-0.4, -0.2) is 9.97 Å². The Morgan fingerprint density at radius 1 is 1.16 bits per heavy atom. The van der Waals surface area contributed by atoms with E-state index in [0.717, 1.165) is 6.07 Å². The first-order valence-electron chi connectivity index (χ1n) is 4.98. The molecule has 0 fully saturated rings. The minimum Gasteiger partial charge on any atom is -0.437 e. The van der Waals surface area contributed by atoms with Crippen molar-refractivity contribution in [1.29, 1.82) is 0 Å². The van der Waals surface area contributed by atoms with Gasteiger partial charge in [0.25, 0.3) is 0 Å². The number of hydrogen-bond donors (Lipinski definition) is 1. The third-order valence-corrected chi connectivity index (χ3v) is 2.10. The molecule has 0 aliphatic carbocycles. The lowest BCUT2D eigenvalue weighted by Gasteiger charge is -2.10. The van der Waals surface area contributed by atoms with E-state index in [1.54, 1.807) is 0 Å². The third kappa shape index (κ3) is 3.09. The number of aromatic nitrogens is 2. The average molecular weight is 273 g/mol. The van der Waals surface area contributed by atoms with Crippen molar-refractivity contribution in [2.24, 2.45) is 0 Å². The summed E-state index contributed by atoms with van der Waals surface area (Å²) >= 11 is 0. The molecule has 1 aromatic carbocycles. The Morgan fingerprint density at radius 2 is 1.89 bits per heavy atom. The van der Waals surface area contributed by atoms with Gasteiger partial charge in [-0.15, -0.1) is 0 Å². The maximum absolute atomic E-state index is 13.0. The van der Waals surface area contributed by atoms with Crippen LogP contribution in [0.4, 0.5) is 23.4 Å². The quantitative estimate of drug-likeness (QED) is 0.854. The molecular weight excluding hydrogens is 266 g/mol. The van der Waals surface area contributed by atoms with Gasteiger partial charge in [0.1, 0.15) is 17.4 Å². The molecule has 2 rings (SSSR count). The van der Waals surface area contributed by atoms with Gasteiger partial charge >= 0.3 is 6.18 Å². The highest BCUT2D eigenvalue weighted by Gasteiger charge is 2.34. The summed E-state index contributed by atoms with van der Waals surface area (Å²) in [6.45, 7) is 0. The molecule has 0 atom stereocenters. The molecule has 4 nitrogen and oxygen atoms in total. The summed E-state index contributed by atoms with van der Waals surface area (Å²) in [7, 11) is 0. The topological polar surface area (TPSA) is 61.0 Å². The lowest BCUT2D eigenvalue weighted by atomic mass is 10.2. The van der Waals surface area contributed by atoms with E-state index in [9.17, 15) is 17.6 Å². The highest BCUT2D eigenvalue weighted by molar-refractivity contribution is 5.35. The second-order valence-electron chi connectivity index (χ2n) is 3.52. The first-order valence-corrected chi connectivity index (χ1v) is 4.98. The van der Waals surface area contributed by atoms with Gasteiger partial charge in [-0.2, -0.15) is 18.2 Å².